The monoisotopic (exact) mass is 231 g/mol. The van der Waals surface area contributed by atoms with Crippen LogP contribution in [0.25, 0.3) is 0 Å². The molecule has 1 aromatic rings. The van der Waals surface area contributed by atoms with Crippen LogP contribution in [0.1, 0.15) is 6.92 Å². The van der Waals surface area contributed by atoms with Gasteiger partial charge in [0, 0.05) is 0 Å². The van der Waals surface area contributed by atoms with Crippen molar-refractivity contribution in [3.05, 3.63) is 15.4 Å². The highest BCUT2D eigenvalue weighted by Crippen LogP contribution is 2.24. The number of ether oxygens (including phenoxy) is 1. The van der Waals surface area contributed by atoms with Crippen molar-refractivity contribution in [2.75, 3.05) is 12.8 Å². The number of nitrogens with zero attached hydrogens (tertiary/aromatic N) is 2. The third-order valence-electron chi connectivity index (χ3n) is 1.66. The van der Waals surface area contributed by atoms with Crippen LogP contribution in [-0.4, -0.2) is 22.7 Å². The molecule has 82 valence electrons. The predicted molar refractivity (Wildman–Crippen MR) is 55.2 cm³/mol. The van der Waals surface area contributed by atoms with Crippen molar-refractivity contribution < 1.29 is 9.53 Å². The van der Waals surface area contributed by atoms with E-state index in [1.807, 2.05) is 0 Å². The fourth-order valence-electron chi connectivity index (χ4n) is 1.06. The van der Waals surface area contributed by atoms with Crippen molar-refractivity contribution in [1.82, 2.24) is 9.78 Å². The topological polar surface area (TPSA) is 87.2 Å². The Morgan fingerprint density at radius 2 is 2.27 bits per heavy atom. The Hall–Kier alpha value is -1.56. The van der Waals surface area contributed by atoms with Gasteiger partial charge in [-0.05, 0) is 6.92 Å². The average Bonchev–Trinajstić information content (AvgIpc) is 2.14. The first kappa shape index (κ1) is 11.5. The Balaban J connectivity index is 3.34. The van der Waals surface area contributed by atoms with E-state index in [-0.39, 0.29) is 28.9 Å². The number of hydrogen-bond donors (Lipinski definition) is 1. The zero-order chi connectivity index (χ0) is 11.6. The molecule has 0 aliphatic rings. The Labute approximate surface area is 90.6 Å². The van der Waals surface area contributed by atoms with Crippen LogP contribution < -0.4 is 16.0 Å². The SMILES string of the molecule is COc1c(N)nn(CC(C)=O)c(=O)c1Cl. The highest BCUT2D eigenvalue weighted by atomic mass is 35.5. The van der Waals surface area contributed by atoms with Gasteiger partial charge in [-0.3, -0.25) is 9.59 Å². The molecule has 1 rings (SSSR count). The highest BCUT2D eigenvalue weighted by molar-refractivity contribution is 6.32. The minimum atomic E-state index is -0.599. The molecule has 0 amide bonds. The van der Waals surface area contributed by atoms with E-state index in [1.165, 1.54) is 14.0 Å². The van der Waals surface area contributed by atoms with Gasteiger partial charge in [0.1, 0.15) is 6.54 Å². The second kappa shape index (κ2) is 4.31. The molecule has 2 N–H and O–H groups in total. The van der Waals surface area contributed by atoms with Gasteiger partial charge in [-0.1, -0.05) is 11.6 Å². The second-order valence-electron chi connectivity index (χ2n) is 2.90. The fourth-order valence-corrected chi connectivity index (χ4v) is 1.33. The van der Waals surface area contributed by atoms with E-state index in [9.17, 15) is 9.59 Å². The van der Waals surface area contributed by atoms with E-state index in [1.54, 1.807) is 0 Å². The number of aromatic nitrogens is 2. The molecule has 0 atom stereocenters. The van der Waals surface area contributed by atoms with Crippen LogP contribution in [0.15, 0.2) is 4.79 Å². The van der Waals surface area contributed by atoms with Gasteiger partial charge in [0.15, 0.2) is 22.4 Å². The number of carbonyl (C=O) groups is 1. The summed E-state index contributed by atoms with van der Waals surface area (Å²) in [7, 11) is 1.33. The molecule has 0 aliphatic carbocycles. The molecule has 6 nitrogen and oxygen atoms in total. The zero-order valence-electron chi connectivity index (χ0n) is 8.28. The van der Waals surface area contributed by atoms with E-state index in [2.05, 4.69) is 5.10 Å². The second-order valence-corrected chi connectivity index (χ2v) is 3.28. The largest absolute Gasteiger partial charge is 0.491 e. The smallest absolute Gasteiger partial charge is 0.289 e. The quantitative estimate of drug-likeness (QED) is 0.796. The minimum Gasteiger partial charge on any atom is -0.491 e. The van der Waals surface area contributed by atoms with Crippen molar-refractivity contribution in [1.29, 1.82) is 0 Å². The lowest BCUT2D eigenvalue weighted by atomic mass is 10.4. The first-order chi connectivity index (χ1) is 6.97. The molecule has 0 saturated heterocycles. The maximum atomic E-state index is 11.5. The minimum absolute atomic E-state index is 0.0247. The summed E-state index contributed by atoms with van der Waals surface area (Å²) in [6.07, 6.45) is 0. The summed E-state index contributed by atoms with van der Waals surface area (Å²) >= 11 is 5.70. The van der Waals surface area contributed by atoms with Gasteiger partial charge in [0.05, 0.1) is 7.11 Å². The number of Topliss-reactive ketones (excluding diaryl/α,β-unsaturated/α-hetero) is 1. The van der Waals surface area contributed by atoms with Gasteiger partial charge < -0.3 is 10.5 Å². The number of nitrogen functional groups attached to an aromatic ring is 1. The number of anilines is 1. The molecule has 0 aliphatic heterocycles. The van der Waals surface area contributed by atoms with Crippen LogP contribution in [0.4, 0.5) is 5.82 Å². The zero-order valence-corrected chi connectivity index (χ0v) is 9.04. The van der Waals surface area contributed by atoms with Gasteiger partial charge >= 0.3 is 0 Å². The Morgan fingerprint density at radius 3 is 2.73 bits per heavy atom. The molecule has 15 heavy (non-hydrogen) atoms. The highest BCUT2D eigenvalue weighted by Gasteiger charge is 2.14. The number of halogens is 1. The standard InChI is InChI=1S/C8H10ClN3O3/c1-4(13)3-12-8(14)5(9)6(15-2)7(10)11-12/h3H2,1-2H3,(H2,10,11). The lowest BCUT2D eigenvalue weighted by molar-refractivity contribution is -0.117. The third-order valence-corrected chi connectivity index (χ3v) is 1.99. The van der Waals surface area contributed by atoms with E-state index < -0.39 is 5.56 Å². The van der Waals surface area contributed by atoms with Crippen LogP contribution in [0.3, 0.4) is 0 Å². The van der Waals surface area contributed by atoms with Crippen molar-refractivity contribution in [3.63, 3.8) is 0 Å². The molecule has 1 heterocycles. The summed E-state index contributed by atoms with van der Waals surface area (Å²) < 4.78 is 5.70. The summed E-state index contributed by atoms with van der Waals surface area (Å²) in [5.41, 5.74) is 4.89. The maximum absolute atomic E-state index is 11.5. The molecule has 0 radical (unpaired) electrons. The molecule has 0 saturated carbocycles. The first-order valence-electron chi connectivity index (χ1n) is 4.07. The van der Waals surface area contributed by atoms with E-state index in [0.717, 1.165) is 4.68 Å². The molecule has 0 bridgehead atoms. The molecule has 7 heteroatoms. The molecular weight excluding hydrogens is 222 g/mol. The molecule has 0 unspecified atom stereocenters. The molecule has 1 aromatic heterocycles. The molecular formula is C8H10ClN3O3. The third kappa shape index (κ3) is 2.27. The Bertz CT molecular complexity index is 455. The number of methoxy groups -OCH3 is 1. The van der Waals surface area contributed by atoms with Gasteiger partial charge in [0.2, 0.25) is 0 Å². The number of ketones is 1. The summed E-state index contributed by atoms with van der Waals surface area (Å²) in [5.74, 6) is -0.213. The summed E-state index contributed by atoms with van der Waals surface area (Å²) in [5, 5.41) is 3.52. The van der Waals surface area contributed by atoms with Crippen molar-refractivity contribution in [3.8, 4) is 5.75 Å². The summed E-state index contributed by atoms with van der Waals surface area (Å²) in [6, 6.07) is 0. The molecule has 0 fully saturated rings. The predicted octanol–water partition coefficient (Wildman–Crippen LogP) is 0.0765. The van der Waals surface area contributed by atoms with Crippen LogP contribution in [0.2, 0.25) is 5.02 Å². The Morgan fingerprint density at radius 1 is 1.67 bits per heavy atom. The van der Waals surface area contributed by atoms with E-state index in [0.29, 0.717) is 0 Å². The number of nitrogens with two attached hydrogens (primary N) is 1. The van der Waals surface area contributed by atoms with E-state index >= 15 is 0 Å². The van der Waals surface area contributed by atoms with Crippen molar-refractivity contribution >= 4 is 23.2 Å². The summed E-state index contributed by atoms with van der Waals surface area (Å²) in [4.78, 5) is 22.3. The number of rotatable bonds is 3. The van der Waals surface area contributed by atoms with Gasteiger partial charge in [0.25, 0.3) is 5.56 Å². The van der Waals surface area contributed by atoms with Crippen LogP contribution in [-0.2, 0) is 11.3 Å². The lowest BCUT2D eigenvalue weighted by Gasteiger charge is -2.08. The van der Waals surface area contributed by atoms with E-state index in [4.69, 9.17) is 22.1 Å². The number of carbonyl (C=O) groups excluding carboxylic acids is 1. The van der Waals surface area contributed by atoms with Gasteiger partial charge in [-0.15, -0.1) is 5.10 Å². The molecule has 0 aromatic carbocycles. The first-order valence-corrected chi connectivity index (χ1v) is 4.44. The van der Waals surface area contributed by atoms with Gasteiger partial charge in [-0.25, -0.2) is 4.68 Å². The summed E-state index contributed by atoms with van der Waals surface area (Å²) in [6.45, 7) is 1.18. The van der Waals surface area contributed by atoms with Crippen molar-refractivity contribution in [2.24, 2.45) is 0 Å². The number of hydrogen-bond acceptors (Lipinski definition) is 5. The van der Waals surface area contributed by atoms with Crippen LogP contribution in [0, 0.1) is 0 Å². The maximum Gasteiger partial charge on any atom is 0.289 e. The van der Waals surface area contributed by atoms with Crippen molar-refractivity contribution in [2.45, 2.75) is 13.5 Å². The van der Waals surface area contributed by atoms with Crippen LogP contribution >= 0.6 is 11.6 Å². The van der Waals surface area contributed by atoms with Gasteiger partial charge in [-0.2, -0.15) is 0 Å². The average molecular weight is 232 g/mol. The normalized spacial score (nSPS) is 10.1. The van der Waals surface area contributed by atoms with Crippen LogP contribution in [0.5, 0.6) is 5.75 Å². The fraction of sp³-hybridized carbons (Fsp3) is 0.375. The Kier molecular flexibility index (Phi) is 3.31. The lowest BCUT2D eigenvalue weighted by Crippen LogP contribution is -2.27. The molecule has 0 spiro atoms.